The van der Waals surface area contributed by atoms with Gasteiger partial charge in [-0.2, -0.15) is 0 Å². The molecule has 1 aromatic carbocycles. The lowest BCUT2D eigenvalue weighted by atomic mass is 10.1. The average Bonchev–Trinajstić information content (AvgIpc) is 2.45. The van der Waals surface area contributed by atoms with Crippen molar-refractivity contribution in [2.45, 2.75) is 10.1 Å². The minimum absolute atomic E-state index is 0.329. The fraction of sp³-hybridized carbons (Fsp3) is 0.111. The number of hydrogen-bond donors (Lipinski definition) is 1. The van der Waals surface area contributed by atoms with E-state index in [2.05, 4.69) is 15.9 Å². The lowest BCUT2D eigenvalue weighted by molar-refractivity contribution is -0.135. The van der Waals surface area contributed by atoms with Crippen LogP contribution in [0.5, 0.6) is 0 Å². The van der Waals surface area contributed by atoms with E-state index in [1.807, 2.05) is 0 Å². The van der Waals surface area contributed by atoms with Crippen LogP contribution in [0.1, 0.15) is 10.4 Å². The van der Waals surface area contributed by atoms with Gasteiger partial charge in [-0.3, -0.25) is 9.59 Å². The second-order valence-electron chi connectivity index (χ2n) is 2.81. The Hall–Kier alpha value is -0.810. The molecule has 3 nitrogen and oxygen atoms in total. The van der Waals surface area contributed by atoms with Crippen LogP contribution in [0.2, 0.25) is 0 Å². The molecule has 1 atom stereocenters. The van der Waals surface area contributed by atoms with Crippen molar-refractivity contribution in [2.75, 3.05) is 0 Å². The summed E-state index contributed by atoms with van der Waals surface area (Å²) in [6, 6.07) is 5.28. The highest BCUT2D eigenvalue weighted by molar-refractivity contribution is 9.10. The number of thioether (sulfide) groups is 1. The van der Waals surface area contributed by atoms with Gasteiger partial charge < -0.3 is 5.11 Å². The number of rotatable bonds is 1. The maximum atomic E-state index is 11.6. The topological polar surface area (TPSA) is 54.4 Å². The van der Waals surface area contributed by atoms with E-state index >= 15 is 0 Å². The van der Waals surface area contributed by atoms with Crippen molar-refractivity contribution in [3.05, 3.63) is 28.2 Å². The molecule has 5 heteroatoms. The Balaban J connectivity index is 2.51. The summed E-state index contributed by atoms with van der Waals surface area (Å²) in [7, 11) is 0. The van der Waals surface area contributed by atoms with E-state index in [-0.39, 0.29) is 5.78 Å². The Labute approximate surface area is 92.6 Å². The molecule has 1 unspecified atom stereocenters. The highest BCUT2D eigenvalue weighted by atomic mass is 79.9. The van der Waals surface area contributed by atoms with Crippen LogP contribution in [0.25, 0.3) is 0 Å². The number of carboxylic acid groups (broad SMARTS) is 1. The first-order chi connectivity index (χ1) is 6.61. The summed E-state index contributed by atoms with van der Waals surface area (Å²) in [6.45, 7) is 0. The van der Waals surface area contributed by atoms with Gasteiger partial charge in [0.05, 0.1) is 0 Å². The first-order valence-corrected chi connectivity index (χ1v) is 5.50. The highest BCUT2D eigenvalue weighted by Crippen LogP contribution is 2.40. The number of carboxylic acids is 1. The van der Waals surface area contributed by atoms with E-state index in [0.717, 1.165) is 16.7 Å². The molecule has 0 aromatic heterocycles. The van der Waals surface area contributed by atoms with Gasteiger partial charge in [-0.15, -0.1) is 11.8 Å². The van der Waals surface area contributed by atoms with Crippen molar-refractivity contribution in [3.8, 4) is 0 Å². The van der Waals surface area contributed by atoms with E-state index in [9.17, 15) is 9.59 Å². The predicted octanol–water partition coefficient (Wildman–Crippen LogP) is 2.19. The van der Waals surface area contributed by atoms with E-state index < -0.39 is 11.2 Å². The molecule has 0 saturated carbocycles. The summed E-state index contributed by atoms with van der Waals surface area (Å²) in [5.41, 5.74) is 0.491. The average molecular weight is 273 g/mol. The van der Waals surface area contributed by atoms with Crippen LogP contribution in [0.4, 0.5) is 0 Å². The number of carbonyl (C=O) groups excluding carboxylic acids is 1. The standard InChI is InChI=1S/C9H5BrO3S/c10-4-2-1-3-5-6(4)7(11)8(14-5)9(12)13/h1-3,8H,(H,12,13). The molecular formula is C9H5BrO3S. The Morgan fingerprint density at radius 3 is 2.79 bits per heavy atom. The van der Waals surface area contributed by atoms with Crippen molar-refractivity contribution in [1.29, 1.82) is 0 Å². The maximum Gasteiger partial charge on any atom is 0.325 e. The van der Waals surface area contributed by atoms with Gasteiger partial charge in [-0.05, 0) is 12.1 Å². The summed E-state index contributed by atoms with van der Waals surface area (Å²) in [4.78, 5) is 23.1. The van der Waals surface area contributed by atoms with E-state index in [0.29, 0.717) is 10.0 Å². The van der Waals surface area contributed by atoms with Gasteiger partial charge in [0.25, 0.3) is 0 Å². The number of aliphatic carboxylic acids is 1. The van der Waals surface area contributed by atoms with Crippen LogP contribution in [-0.2, 0) is 4.79 Å². The second kappa shape index (κ2) is 3.40. The highest BCUT2D eigenvalue weighted by Gasteiger charge is 2.37. The lowest BCUT2D eigenvalue weighted by Gasteiger charge is -1.98. The molecule has 0 saturated heterocycles. The summed E-state index contributed by atoms with van der Waals surface area (Å²) < 4.78 is 0.663. The van der Waals surface area contributed by atoms with E-state index in [1.165, 1.54) is 0 Å². The fourth-order valence-electron chi connectivity index (χ4n) is 1.32. The monoisotopic (exact) mass is 272 g/mol. The van der Waals surface area contributed by atoms with Gasteiger partial charge in [-0.1, -0.05) is 22.0 Å². The van der Waals surface area contributed by atoms with Crippen LogP contribution < -0.4 is 0 Å². The molecule has 0 amide bonds. The molecule has 72 valence electrons. The van der Waals surface area contributed by atoms with Crippen molar-refractivity contribution in [1.82, 2.24) is 0 Å². The molecule has 1 N–H and O–H groups in total. The minimum Gasteiger partial charge on any atom is -0.480 e. The normalized spacial score (nSPS) is 19.5. The molecule has 0 aliphatic carbocycles. The molecule has 1 aromatic rings. The number of Topliss-reactive ketones (excluding diaryl/α,β-unsaturated/α-hetero) is 1. The Kier molecular flexibility index (Phi) is 2.36. The van der Waals surface area contributed by atoms with Crippen molar-refractivity contribution in [3.63, 3.8) is 0 Å². The zero-order valence-corrected chi connectivity index (χ0v) is 9.26. The fourth-order valence-corrected chi connectivity index (χ4v) is 3.07. The summed E-state index contributed by atoms with van der Waals surface area (Å²) in [5, 5.41) is 7.81. The minimum atomic E-state index is -1.08. The van der Waals surface area contributed by atoms with Gasteiger partial charge in [0.2, 0.25) is 0 Å². The molecule has 2 rings (SSSR count). The number of carbonyl (C=O) groups is 2. The van der Waals surface area contributed by atoms with Crippen LogP contribution in [0.15, 0.2) is 27.6 Å². The van der Waals surface area contributed by atoms with Crippen LogP contribution in [-0.4, -0.2) is 22.1 Å². The van der Waals surface area contributed by atoms with Crippen molar-refractivity contribution in [2.24, 2.45) is 0 Å². The summed E-state index contributed by atoms with van der Waals surface area (Å²) in [6.07, 6.45) is 0. The number of benzene rings is 1. The quantitative estimate of drug-likeness (QED) is 0.797. The Morgan fingerprint density at radius 1 is 1.50 bits per heavy atom. The number of hydrogen-bond acceptors (Lipinski definition) is 3. The SMILES string of the molecule is O=C(O)C1Sc2cccc(Br)c2C1=O. The molecule has 1 aliphatic heterocycles. The summed E-state index contributed by atoms with van der Waals surface area (Å²) >= 11 is 4.32. The molecule has 0 radical (unpaired) electrons. The number of halogens is 1. The molecule has 1 aliphatic rings. The zero-order chi connectivity index (χ0) is 10.3. The number of fused-ring (bicyclic) bond motifs is 1. The van der Waals surface area contributed by atoms with Gasteiger partial charge >= 0.3 is 5.97 Å². The maximum absolute atomic E-state index is 11.6. The number of ketones is 1. The summed E-state index contributed by atoms with van der Waals surface area (Å²) in [5.74, 6) is -1.41. The third-order valence-electron chi connectivity index (χ3n) is 1.93. The van der Waals surface area contributed by atoms with E-state index in [4.69, 9.17) is 5.11 Å². The first-order valence-electron chi connectivity index (χ1n) is 3.83. The third kappa shape index (κ3) is 1.36. The van der Waals surface area contributed by atoms with Crippen LogP contribution >= 0.6 is 27.7 Å². The Bertz CT molecular complexity index is 430. The Morgan fingerprint density at radius 2 is 2.21 bits per heavy atom. The van der Waals surface area contributed by atoms with Gasteiger partial charge in [0, 0.05) is 14.9 Å². The second-order valence-corrected chi connectivity index (χ2v) is 4.81. The molecule has 14 heavy (non-hydrogen) atoms. The lowest BCUT2D eigenvalue weighted by Crippen LogP contribution is -2.22. The largest absolute Gasteiger partial charge is 0.480 e. The molecule has 0 fully saturated rings. The van der Waals surface area contributed by atoms with Gasteiger partial charge in [-0.25, -0.2) is 0 Å². The molecule has 0 bridgehead atoms. The zero-order valence-electron chi connectivity index (χ0n) is 6.86. The molecule has 0 spiro atoms. The van der Waals surface area contributed by atoms with Crippen molar-refractivity contribution >= 4 is 39.4 Å². The molecular weight excluding hydrogens is 268 g/mol. The van der Waals surface area contributed by atoms with Crippen LogP contribution in [0.3, 0.4) is 0 Å². The van der Waals surface area contributed by atoms with E-state index in [1.54, 1.807) is 18.2 Å². The first kappa shape index (κ1) is 9.73. The smallest absolute Gasteiger partial charge is 0.325 e. The van der Waals surface area contributed by atoms with Crippen molar-refractivity contribution < 1.29 is 14.7 Å². The predicted molar refractivity (Wildman–Crippen MR) is 55.8 cm³/mol. The third-order valence-corrected chi connectivity index (χ3v) is 3.84. The molecule has 1 heterocycles. The van der Waals surface area contributed by atoms with Crippen LogP contribution in [0, 0.1) is 0 Å². The van der Waals surface area contributed by atoms with Gasteiger partial charge in [0.1, 0.15) is 0 Å². The van der Waals surface area contributed by atoms with Gasteiger partial charge in [0.15, 0.2) is 11.0 Å².